The van der Waals surface area contributed by atoms with Crippen LogP contribution in [0.4, 0.5) is 0 Å². The predicted octanol–water partition coefficient (Wildman–Crippen LogP) is 1.80. The Morgan fingerprint density at radius 1 is 1.32 bits per heavy atom. The van der Waals surface area contributed by atoms with Crippen LogP contribution in [0.3, 0.4) is 0 Å². The quantitative estimate of drug-likeness (QED) is 0.841. The van der Waals surface area contributed by atoms with Crippen LogP contribution in [-0.4, -0.2) is 46.6 Å². The Morgan fingerprint density at radius 3 is 2.86 bits per heavy atom. The van der Waals surface area contributed by atoms with E-state index in [1.807, 2.05) is 0 Å². The van der Waals surface area contributed by atoms with Crippen LogP contribution in [0, 0.1) is 0 Å². The fourth-order valence-electron chi connectivity index (χ4n) is 2.00. The summed E-state index contributed by atoms with van der Waals surface area (Å²) >= 11 is 5.97. The first kappa shape index (κ1) is 14.6. The molecular formula is C15H14ClN3O3. The summed E-state index contributed by atoms with van der Waals surface area (Å²) in [5.74, 6) is 0.883. The van der Waals surface area contributed by atoms with Gasteiger partial charge < -0.3 is 14.4 Å². The van der Waals surface area contributed by atoms with E-state index in [1.54, 1.807) is 47.8 Å². The van der Waals surface area contributed by atoms with Crippen molar-refractivity contribution in [1.82, 2.24) is 14.9 Å². The molecule has 114 valence electrons. The molecule has 0 aromatic carbocycles. The molecule has 1 aliphatic rings. The standard InChI is InChI=1S/C15H14ClN3O3/c16-13-4-2-6-18-15(13)22-12-8-19(9-12)14(20)10-21-11-3-1-5-17-7-11/h1-7,12H,8-10H2. The summed E-state index contributed by atoms with van der Waals surface area (Å²) in [6.45, 7) is 0.993. The van der Waals surface area contributed by atoms with Gasteiger partial charge in [0.15, 0.2) is 6.61 Å². The van der Waals surface area contributed by atoms with Gasteiger partial charge in [-0.3, -0.25) is 9.78 Å². The Morgan fingerprint density at radius 2 is 2.14 bits per heavy atom. The highest BCUT2D eigenvalue weighted by atomic mass is 35.5. The zero-order valence-electron chi connectivity index (χ0n) is 11.7. The molecule has 2 aromatic heterocycles. The minimum absolute atomic E-state index is 0.0112. The van der Waals surface area contributed by atoms with Crippen LogP contribution in [0.15, 0.2) is 42.9 Å². The molecule has 22 heavy (non-hydrogen) atoms. The van der Waals surface area contributed by atoms with Gasteiger partial charge in [-0.25, -0.2) is 4.98 Å². The molecule has 2 aromatic rings. The number of hydrogen-bond acceptors (Lipinski definition) is 5. The normalized spacial score (nSPS) is 14.3. The minimum atomic E-state index is -0.0882. The molecule has 3 rings (SSSR count). The van der Waals surface area contributed by atoms with Crippen LogP contribution in [0.5, 0.6) is 11.6 Å². The van der Waals surface area contributed by atoms with Crippen molar-refractivity contribution in [1.29, 1.82) is 0 Å². The highest BCUT2D eigenvalue weighted by molar-refractivity contribution is 6.31. The molecule has 0 saturated carbocycles. The molecule has 0 unspecified atom stereocenters. The molecule has 1 saturated heterocycles. The van der Waals surface area contributed by atoms with Crippen molar-refractivity contribution in [3.63, 3.8) is 0 Å². The van der Waals surface area contributed by atoms with Crippen molar-refractivity contribution in [2.75, 3.05) is 19.7 Å². The Labute approximate surface area is 132 Å². The Kier molecular flexibility index (Phi) is 4.39. The van der Waals surface area contributed by atoms with Gasteiger partial charge in [-0.05, 0) is 24.3 Å². The number of carbonyl (C=O) groups is 1. The van der Waals surface area contributed by atoms with E-state index in [2.05, 4.69) is 9.97 Å². The van der Waals surface area contributed by atoms with Gasteiger partial charge in [-0.1, -0.05) is 11.6 Å². The molecule has 1 aliphatic heterocycles. The van der Waals surface area contributed by atoms with Gasteiger partial charge in [-0.2, -0.15) is 0 Å². The molecule has 0 atom stereocenters. The fourth-order valence-corrected chi connectivity index (χ4v) is 2.17. The van der Waals surface area contributed by atoms with E-state index < -0.39 is 0 Å². The maximum atomic E-state index is 11.9. The van der Waals surface area contributed by atoms with Crippen LogP contribution in [-0.2, 0) is 4.79 Å². The molecule has 0 aliphatic carbocycles. The van der Waals surface area contributed by atoms with Gasteiger partial charge >= 0.3 is 0 Å². The number of rotatable bonds is 5. The monoisotopic (exact) mass is 319 g/mol. The van der Waals surface area contributed by atoms with Crippen molar-refractivity contribution >= 4 is 17.5 Å². The Bertz CT molecular complexity index is 647. The number of pyridine rings is 2. The number of halogens is 1. The summed E-state index contributed by atoms with van der Waals surface area (Å²) in [6, 6.07) is 6.96. The zero-order valence-corrected chi connectivity index (χ0v) is 12.4. The molecule has 0 spiro atoms. The Balaban J connectivity index is 1.43. The number of amides is 1. The summed E-state index contributed by atoms with van der Waals surface area (Å²) in [5.41, 5.74) is 0. The number of hydrogen-bond donors (Lipinski definition) is 0. The van der Waals surface area contributed by atoms with Crippen LogP contribution in [0.2, 0.25) is 5.02 Å². The number of likely N-dealkylation sites (tertiary alicyclic amines) is 1. The maximum Gasteiger partial charge on any atom is 0.260 e. The van der Waals surface area contributed by atoms with E-state index in [1.165, 1.54) is 0 Å². The largest absolute Gasteiger partial charge is 0.482 e. The second-order valence-electron chi connectivity index (χ2n) is 4.81. The van der Waals surface area contributed by atoms with Gasteiger partial charge in [0.05, 0.1) is 19.3 Å². The summed E-state index contributed by atoms with van der Waals surface area (Å²) in [6.07, 6.45) is 4.74. The first-order chi connectivity index (χ1) is 10.7. The average Bonchev–Trinajstić information content (AvgIpc) is 2.51. The van der Waals surface area contributed by atoms with Gasteiger partial charge in [0, 0.05) is 12.4 Å². The summed E-state index contributed by atoms with van der Waals surface area (Å²) < 4.78 is 11.0. The van der Waals surface area contributed by atoms with Gasteiger partial charge in [-0.15, -0.1) is 0 Å². The first-order valence-electron chi connectivity index (χ1n) is 6.80. The maximum absolute atomic E-state index is 11.9. The van der Waals surface area contributed by atoms with Crippen molar-refractivity contribution in [3.05, 3.63) is 47.9 Å². The summed E-state index contributed by atoms with van der Waals surface area (Å²) in [4.78, 5) is 21.6. The second-order valence-corrected chi connectivity index (χ2v) is 5.21. The van der Waals surface area contributed by atoms with E-state index >= 15 is 0 Å². The van der Waals surface area contributed by atoms with E-state index in [4.69, 9.17) is 21.1 Å². The van der Waals surface area contributed by atoms with Gasteiger partial charge in [0.1, 0.15) is 16.9 Å². The highest BCUT2D eigenvalue weighted by Crippen LogP contribution is 2.23. The van der Waals surface area contributed by atoms with Crippen LogP contribution in [0.25, 0.3) is 0 Å². The molecule has 1 amide bonds. The predicted molar refractivity (Wildman–Crippen MR) is 80.0 cm³/mol. The highest BCUT2D eigenvalue weighted by Gasteiger charge is 2.33. The third-order valence-corrected chi connectivity index (χ3v) is 3.49. The fraction of sp³-hybridized carbons (Fsp3) is 0.267. The lowest BCUT2D eigenvalue weighted by molar-refractivity contribution is -0.142. The van der Waals surface area contributed by atoms with Gasteiger partial charge in [0.2, 0.25) is 5.88 Å². The summed E-state index contributed by atoms with van der Waals surface area (Å²) in [7, 11) is 0. The second kappa shape index (κ2) is 6.62. The van der Waals surface area contributed by atoms with Crippen LogP contribution < -0.4 is 9.47 Å². The molecule has 0 radical (unpaired) electrons. The summed E-state index contributed by atoms with van der Waals surface area (Å²) in [5, 5.41) is 0.465. The average molecular weight is 320 g/mol. The lowest BCUT2D eigenvalue weighted by Crippen LogP contribution is -2.57. The lowest BCUT2D eigenvalue weighted by Gasteiger charge is -2.38. The van der Waals surface area contributed by atoms with Crippen molar-refractivity contribution in [3.8, 4) is 11.6 Å². The van der Waals surface area contributed by atoms with Crippen molar-refractivity contribution < 1.29 is 14.3 Å². The van der Waals surface area contributed by atoms with E-state index in [0.29, 0.717) is 29.7 Å². The SMILES string of the molecule is O=C(COc1cccnc1)N1CC(Oc2ncccc2Cl)C1. The van der Waals surface area contributed by atoms with E-state index in [9.17, 15) is 4.79 Å². The van der Waals surface area contributed by atoms with Crippen molar-refractivity contribution in [2.24, 2.45) is 0 Å². The zero-order chi connectivity index (χ0) is 15.4. The Hall–Kier alpha value is -2.34. The number of carbonyl (C=O) groups excluding carboxylic acids is 1. The molecule has 1 fully saturated rings. The van der Waals surface area contributed by atoms with E-state index in [-0.39, 0.29) is 18.6 Å². The molecular weight excluding hydrogens is 306 g/mol. The number of aromatic nitrogens is 2. The molecule has 7 heteroatoms. The third kappa shape index (κ3) is 3.46. The topological polar surface area (TPSA) is 64.5 Å². The third-order valence-electron chi connectivity index (χ3n) is 3.20. The molecule has 3 heterocycles. The number of nitrogens with zero attached hydrogens (tertiary/aromatic N) is 3. The first-order valence-corrected chi connectivity index (χ1v) is 7.18. The van der Waals surface area contributed by atoms with Gasteiger partial charge in [0.25, 0.3) is 5.91 Å². The van der Waals surface area contributed by atoms with Crippen molar-refractivity contribution in [2.45, 2.75) is 6.10 Å². The van der Waals surface area contributed by atoms with E-state index in [0.717, 1.165) is 0 Å². The minimum Gasteiger partial charge on any atom is -0.482 e. The van der Waals surface area contributed by atoms with Crippen LogP contribution in [0.1, 0.15) is 0 Å². The number of ether oxygens (including phenoxy) is 2. The smallest absolute Gasteiger partial charge is 0.260 e. The molecule has 0 bridgehead atoms. The van der Waals surface area contributed by atoms with Crippen LogP contribution >= 0.6 is 11.6 Å². The molecule has 0 N–H and O–H groups in total. The molecule has 6 nitrogen and oxygen atoms in total. The lowest BCUT2D eigenvalue weighted by atomic mass is 10.1.